The quantitative estimate of drug-likeness (QED) is 0.794. The summed E-state index contributed by atoms with van der Waals surface area (Å²) in [5.74, 6) is -0.304. The number of carbonyl (C=O) groups is 2. The van der Waals surface area contributed by atoms with Crippen molar-refractivity contribution < 1.29 is 9.59 Å². The molecule has 2 amide bonds. The third-order valence-electron chi connectivity index (χ3n) is 3.17. The van der Waals surface area contributed by atoms with Crippen molar-refractivity contribution in [2.75, 3.05) is 17.7 Å². The van der Waals surface area contributed by atoms with Crippen LogP contribution in [0.25, 0.3) is 0 Å². The smallest absolute Gasteiger partial charge is 0.251 e. The second-order valence-corrected chi connectivity index (χ2v) is 4.88. The maximum atomic E-state index is 12.1. The van der Waals surface area contributed by atoms with Crippen molar-refractivity contribution in [3.05, 3.63) is 60.2 Å². The van der Waals surface area contributed by atoms with Crippen molar-refractivity contribution in [2.45, 2.75) is 13.0 Å². The molecule has 0 aliphatic heterocycles. The molecule has 0 bridgehead atoms. The third-order valence-corrected chi connectivity index (χ3v) is 3.17. The van der Waals surface area contributed by atoms with Gasteiger partial charge in [-0.15, -0.1) is 0 Å². The van der Waals surface area contributed by atoms with Crippen LogP contribution in [0.1, 0.15) is 17.3 Å². The topological polar surface area (TPSA) is 70.2 Å². The van der Waals surface area contributed by atoms with Gasteiger partial charge in [-0.05, 0) is 37.3 Å². The van der Waals surface area contributed by atoms with Crippen LogP contribution in [0.3, 0.4) is 0 Å². The number of rotatable bonds is 5. The van der Waals surface area contributed by atoms with E-state index in [2.05, 4.69) is 16.0 Å². The fourth-order valence-electron chi connectivity index (χ4n) is 1.98. The number of hydrogen-bond acceptors (Lipinski definition) is 3. The summed E-state index contributed by atoms with van der Waals surface area (Å²) in [6.07, 6.45) is 0. The number of benzene rings is 2. The van der Waals surface area contributed by atoms with E-state index >= 15 is 0 Å². The highest BCUT2D eigenvalue weighted by molar-refractivity contribution is 5.97. The van der Waals surface area contributed by atoms with Gasteiger partial charge in [0.25, 0.3) is 5.91 Å². The lowest BCUT2D eigenvalue weighted by molar-refractivity contribution is -0.116. The van der Waals surface area contributed by atoms with Crippen LogP contribution in [0.2, 0.25) is 0 Å². The lowest BCUT2D eigenvalue weighted by Gasteiger charge is -2.15. The maximum absolute atomic E-state index is 12.1. The number of amides is 2. The molecule has 0 saturated carbocycles. The van der Waals surface area contributed by atoms with Crippen molar-refractivity contribution in [1.82, 2.24) is 5.32 Å². The predicted octanol–water partition coefficient (Wildman–Crippen LogP) is 2.49. The molecule has 1 atom stereocenters. The van der Waals surface area contributed by atoms with Crippen molar-refractivity contribution in [3.8, 4) is 0 Å². The molecular weight excluding hydrogens is 278 g/mol. The van der Waals surface area contributed by atoms with E-state index in [1.165, 1.54) is 0 Å². The van der Waals surface area contributed by atoms with Crippen molar-refractivity contribution in [2.24, 2.45) is 0 Å². The van der Waals surface area contributed by atoms with Gasteiger partial charge in [-0.3, -0.25) is 9.59 Å². The van der Waals surface area contributed by atoms with Crippen molar-refractivity contribution >= 4 is 23.2 Å². The standard InChI is InChI=1S/C17H19N3O2/c1-12(16(21)20-14-8-4-3-5-9-14)19-15-10-6-7-13(11-15)17(22)18-2/h3-12,19H,1-2H3,(H,18,22)(H,20,21)/t12-/m0/s1. The normalized spacial score (nSPS) is 11.4. The van der Waals surface area contributed by atoms with Crippen LogP contribution < -0.4 is 16.0 Å². The number of carbonyl (C=O) groups excluding carboxylic acids is 2. The minimum atomic E-state index is -0.430. The molecule has 0 aromatic heterocycles. The molecule has 0 unspecified atom stereocenters. The molecular formula is C17H19N3O2. The molecule has 2 rings (SSSR count). The summed E-state index contributed by atoms with van der Waals surface area (Å²) in [7, 11) is 1.58. The minimum absolute atomic E-state index is 0.142. The summed E-state index contributed by atoms with van der Waals surface area (Å²) in [6, 6.07) is 15.9. The second kappa shape index (κ2) is 7.26. The van der Waals surface area contributed by atoms with Crippen LogP contribution in [-0.2, 0) is 4.79 Å². The first-order valence-corrected chi connectivity index (χ1v) is 7.04. The molecule has 0 aliphatic carbocycles. The molecule has 2 aromatic rings. The lowest BCUT2D eigenvalue weighted by Crippen LogP contribution is -2.32. The van der Waals surface area contributed by atoms with Gasteiger partial charge in [-0.1, -0.05) is 24.3 Å². The molecule has 3 N–H and O–H groups in total. The summed E-state index contributed by atoms with van der Waals surface area (Å²) in [6.45, 7) is 1.77. The SMILES string of the molecule is CNC(=O)c1cccc(N[C@@H](C)C(=O)Nc2ccccc2)c1. The van der Waals surface area contributed by atoms with E-state index in [1.54, 1.807) is 32.2 Å². The highest BCUT2D eigenvalue weighted by Gasteiger charge is 2.13. The van der Waals surface area contributed by atoms with Crippen LogP contribution in [0, 0.1) is 0 Å². The molecule has 2 aromatic carbocycles. The summed E-state index contributed by atoms with van der Waals surface area (Å²) in [4.78, 5) is 23.7. The first-order chi connectivity index (χ1) is 10.6. The van der Waals surface area contributed by atoms with Crippen LogP contribution in [0.15, 0.2) is 54.6 Å². The Hall–Kier alpha value is -2.82. The molecule has 22 heavy (non-hydrogen) atoms. The summed E-state index contributed by atoms with van der Waals surface area (Å²) >= 11 is 0. The van der Waals surface area contributed by atoms with Crippen LogP contribution >= 0.6 is 0 Å². The molecule has 5 heteroatoms. The second-order valence-electron chi connectivity index (χ2n) is 4.88. The molecule has 5 nitrogen and oxygen atoms in total. The molecule has 0 heterocycles. The Morgan fingerprint density at radius 3 is 2.32 bits per heavy atom. The Morgan fingerprint density at radius 1 is 0.955 bits per heavy atom. The Morgan fingerprint density at radius 2 is 1.64 bits per heavy atom. The van der Waals surface area contributed by atoms with Gasteiger partial charge in [0.1, 0.15) is 6.04 Å². The molecule has 0 spiro atoms. The first kappa shape index (κ1) is 15.6. The van der Waals surface area contributed by atoms with Gasteiger partial charge in [-0.25, -0.2) is 0 Å². The average molecular weight is 297 g/mol. The van der Waals surface area contributed by atoms with Gasteiger partial charge in [0.2, 0.25) is 5.91 Å². The highest BCUT2D eigenvalue weighted by Crippen LogP contribution is 2.13. The Labute approximate surface area is 129 Å². The van der Waals surface area contributed by atoms with E-state index in [1.807, 2.05) is 36.4 Å². The van der Waals surface area contributed by atoms with E-state index in [4.69, 9.17) is 0 Å². The van der Waals surface area contributed by atoms with Crippen LogP contribution in [-0.4, -0.2) is 24.9 Å². The molecule has 0 radical (unpaired) electrons. The van der Waals surface area contributed by atoms with Gasteiger partial charge < -0.3 is 16.0 Å². The summed E-state index contributed by atoms with van der Waals surface area (Å²) in [5.41, 5.74) is 2.01. The van der Waals surface area contributed by atoms with E-state index in [-0.39, 0.29) is 11.8 Å². The monoisotopic (exact) mass is 297 g/mol. The summed E-state index contributed by atoms with van der Waals surface area (Å²) in [5, 5.41) is 8.49. The number of para-hydroxylation sites is 1. The zero-order valence-corrected chi connectivity index (χ0v) is 12.6. The van der Waals surface area contributed by atoms with Crippen LogP contribution in [0.4, 0.5) is 11.4 Å². The van der Waals surface area contributed by atoms with E-state index in [0.717, 1.165) is 11.4 Å². The zero-order valence-electron chi connectivity index (χ0n) is 12.6. The number of anilines is 2. The molecule has 0 aliphatic rings. The lowest BCUT2D eigenvalue weighted by atomic mass is 10.1. The largest absolute Gasteiger partial charge is 0.374 e. The Kier molecular flexibility index (Phi) is 5.14. The fourth-order valence-corrected chi connectivity index (χ4v) is 1.98. The Bertz CT molecular complexity index is 656. The van der Waals surface area contributed by atoms with Gasteiger partial charge in [0.05, 0.1) is 0 Å². The summed E-state index contributed by atoms with van der Waals surface area (Å²) < 4.78 is 0. The highest BCUT2D eigenvalue weighted by atomic mass is 16.2. The maximum Gasteiger partial charge on any atom is 0.251 e. The van der Waals surface area contributed by atoms with Crippen molar-refractivity contribution in [3.63, 3.8) is 0 Å². The van der Waals surface area contributed by atoms with Gasteiger partial charge >= 0.3 is 0 Å². The number of nitrogens with one attached hydrogen (secondary N) is 3. The fraction of sp³-hybridized carbons (Fsp3) is 0.176. The minimum Gasteiger partial charge on any atom is -0.374 e. The van der Waals surface area contributed by atoms with E-state index in [0.29, 0.717) is 5.56 Å². The Balaban J connectivity index is 2.00. The van der Waals surface area contributed by atoms with Gasteiger partial charge in [0, 0.05) is 24.0 Å². The van der Waals surface area contributed by atoms with E-state index in [9.17, 15) is 9.59 Å². The molecule has 114 valence electrons. The third kappa shape index (κ3) is 4.09. The zero-order chi connectivity index (χ0) is 15.9. The van der Waals surface area contributed by atoms with Crippen molar-refractivity contribution in [1.29, 1.82) is 0 Å². The molecule has 0 fully saturated rings. The van der Waals surface area contributed by atoms with Gasteiger partial charge in [0.15, 0.2) is 0 Å². The average Bonchev–Trinajstić information content (AvgIpc) is 2.55. The predicted molar refractivity (Wildman–Crippen MR) is 88.0 cm³/mol. The number of hydrogen-bond donors (Lipinski definition) is 3. The molecule has 0 saturated heterocycles. The van der Waals surface area contributed by atoms with E-state index < -0.39 is 6.04 Å². The van der Waals surface area contributed by atoms with Gasteiger partial charge in [-0.2, -0.15) is 0 Å². The van der Waals surface area contributed by atoms with Crippen LogP contribution in [0.5, 0.6) is 0 Å². The first-order valence-electron chi connectivity index (χ1n) is 7.04.